The van der Waals surface area contributed by atoms with Crippen LogP contribution in [0.15, 0.2) is 33.8 Å². The molecule has 0 spiro atoms. The van der Waals surface area contributed by atoms with Gasteiger partial charge in [0.25, 0.3) is 5.03 Å². The predicted molar refractivity (Wildman–Crippen MR) is 131 cm³/mol. The molecule has 2 aromatic heterocycles. The van der Waals surface area contributed by atoms with Gasteiger partial charge in [0.1, 0.15) is 5.00 Å². The van der Waals surface area contributed by atoms with Crippen molar-refractivity contribution in [3.8, 4) is 11.6 Å². The topological polar surface area (TPSA) is 129 Å². The molecule has 4 rings (SSSR count). The lowest BCUT2D eigenvalue weighted by Crippen LogP contribution is -2.36. The summed E-state index contributed by atoms with van der Waals surface area (Å²) >= 11 is 2.27. The van der Waals surface area contributed by atoms with Gasteiger partial charge in [-0.3, -0.25) is 9.59 Å². The minimum Gasteiger partial charge on any atom is -0.538 e. The van der Waals surface area contributed by atoms with Crippen molar-refractivity contribution < 1.29 is 33.4 Å². The monoisotopic (exact) mass is 530 g/mol. The highest BCUT2D eigenvalue weighted by molar-refractivity contribution is 8.00. The molecule has 1 aliphatic rings. The Balaban J connectivity index is 1.57. The highest BCUT2D eigenvalue weighted by Gasteiger charge is 2.32. The van der Waals surface area contributed by atoms with Gasteiger partial charge in [0, 0.05) is 30.5 Å². The Morgan fingerprint density at radius 3 is 2.72 bits per heavy atom. The summed E-state index contributed by atoms with van der Waals surface area (Å²) in [6, 6.07) is 7.37. The van der Waals surface area contributed by atoms with Crippen LogP contribution in [0, 0.1) is 6.92 Å². The lowest BCUT2D eigenvalue weighted by Gasteiger charge is -2.25. The number of rotatable bonds is 7. The molecule has 1 unspecified atom stereocenters. The molecule has 0 saturated carbocycles. The summed E-state index contributed by atoms with van der Waals surface area (Å²) in [5, 5.41) is 18.8. The minimum atomic E-state index is -0.711. The summed E-state index contributed by atoms with van der Waals surface area (Å²) in [6.45, 7) is 7.88. The number of ether oxygens (including phenoxy) is 1. The number of nitrogens with zero attached hydrogens (tertiary/aromatic N) is 3. The van der Waals surface area contributed by atoms with Crippen molar-refractivity contribution in [2.24, 2.45) is 0 Å². The summed E-state index contributed by atoms with van der Waals surface area (Å²) in [7, 11) is 0. The van der Waals surface area contributed by atoms with Gasteiger partial charge in [-0.2, -0.15) is 0 Å². The normalized spacial score (nSPS) is 13.7. The maximum Gasteiger partial charge on any atom is 0.341 e. The lowest BCUT2D eigenvalue weighted by atomic mass is 10.0. The van der Waals surface area contributed by atoms with E-state index in [-0.39, 0.29) is 17.5 Å². The molecule has 0 fully saturated rings. The van der Waals surface area contributed by atoms with Gasteiger partial charge in [-0.15, -0.1) is 11.3 Å². The predicted octanol–water partition coefficient (Wildman–Crippen LogP) is 2.60. The first-order valence-electron chi connectivity index (χ1n) is 11.4. The van der Waals surface area contributed by atoms with E-state index in [2.05, 4.69) is 10.6 Å². The lowest BCUT2D eigenvalue weighted by molar-refractivity contribution is -0.705. The van der Waals surface area contributed by atoms with Crippen molar-refractivity contribution in [2.45, 2.75) is 50.9 Å². The van der Waals surface area contributed by atoms with E-state index in [1.165, 1.54) is 22.9 Å². The average Bonchev–Trinajstić information content (AvgIpc) is 3.39. The van der Waals surface area contributed by atoms with E-state index >= 15 is 0 Å². The van der Waals surface area contributed by atoms with E-state index in [1.54, 1.807) is 30.9 Å². The molecule has 0 radical (unpaired) electrons. The quantitative estimate of drug-likeness (QED) is 0.280. The van der Waals surface area contributed by atoms with Gasteiger partial charge in [0.05, 0.1) is 29.2 Å². The molecule has 3 aromatic rings. The van der Waals surface area contributed by atoms with Crippen LogP contribution >= 0.6 is 23.1 Å². The van der Waals surface area contributed by atoms with Crippen molar-refractivity contribution in [1.82, 2.24) is 10.2 Å². The van der Waals surface area contributed by atoms with Gasteiger partial charge in [-0.1, -0.05) is 17.7 Å². The van der Waals surface area contributed by atoms with E-state index in [4.69, 9.17) is 9.26 Å². The first-order chi connectivity index (χ1) is 17.2. The molecule has 0 bridgehead atoms. The minimum absolute atomic E-state index is 0.0497. The summed E-state index contributed by atoms with van der Waals surface area (Å²) in [6.07, 6.45) is 0.497. The number of anilines is 1. The highest BCUT2D eigenvalue weighted by Crippen LogP contribution is 2.38. The van der Waals surface area contributed by atoms with Crippen LogP contribution in [-0.2, 0) is 27.3 Å². The number of aromatic nitrogens is 2. The zero-order valence-electron chi connectivity index (χ0n) is 20.3. The van der Waals surface area contributed by atoms with E-state index in [0.29, 0.717) is 35.8 Å². The first-order valence-corrected chi connectivity index (χ1v) is 13.1. The molecular weight excluding hydrogens is 504 g/mol. The number of nitrogens with one attached hydrogen (secondary N) is 1. The van der Waals surface area contributed by atoms with Crippen LogP contribution in [-0.4, -0.2) is 46.4 Å². The molecule has 3 heterocycles. The number of esters is 1. The van der Waals surface area contributed by atoms with Gasteiger partial charge < -0.3 is 24.6 Å². The molecule has 1 aliphatic heterocycles. The van der Waals surface area contributed by atoms with Gasteiger partial charge in [-0.05, 0) is 49.2 Å². The maximum absolute atomic E-state index is 13.2. The largest absolute Gasteiger partial charge is 0.538 e. The number of aryl methyl sites for hydroxylation is 1. The van der Waals surface area contributed by atoms with Crippen LogP contribution < -0.4 is 15.1 Å². The number of fused-ring (bicyclic) bond motifs is 1. The fourth-order valence-corrected chi connectivity index (χ4v) is 5.93. The number of hydrogen-bond acceptors (Lipinski definition) is 9. The fourth-order valence-electron chi connectivity index (χ4n) is 3.80. The highest BCUT2D eigenvalue weighted by atomic mass is 32.2. The molecule has 0 aliphatic carbocycles. The van der Waals surface area contributed by atoms with Gasteiger partial charge in [0.2, 0.25) is 17.5 Å². The molecule has 2 amide bonds. The van der Waals surface area contributed by atoms with Crippen LogP contribution in [0.5, 0.6) is 5.95 Å². The number of hydrogen-bond donors (Lipinski definition) is 1. The number of thiophene rings is 1. The number of carbonyl (C=O) groups excluding carboxylic acids is 3. The molecule has 1 atom stereocenters. The summed E-state index contributed by atoms with van der Waals surface area (Å²) < 4.78 is 11.5. The second-order valence-electron chi connectivity index (χ2n) is 8.28. The molecular formula is C24H26N4O6S2. The second kappa shape index (κ2) is 10.7. The standard InChI is InChI=1S/C24H26N4O6S2/c1-5-33-23(31)19-17-10-11-27(15(4)29)12-18(17)36-21(19)25-20(30)14(3)35-22-24(32)34-26-28(22)16-8-6-13(2)7-9-16/h6-9,14H,5,10-12H2,1-4H3,(H-,25,26,30,31,32). The van der Waals surface area contributed by atoms with Crippen molar-refractivity contribution in [3.05, 3.63) is 45.8 Å². The fraction of sp³-hybridized carbons (Fsp3) is 0.375. The van der Waals surface area contributed by atoms with Gasteiger partial charge in [0.15, 0.2) is 5.95 Å². The third kappa shape index (κ3) is 5.24. The maximum atomic E-state index is 13.2. The van der Waals surface area contributed by atoms with Crippen molar-refractivity contribution in [2.75, 3.05) is 18.5 Å². The zero-order chi connectivity index (χ0) is 26.0. The van der Waals surface area contributed by atoms with Crippen LogP contribution in [0.2, 0.25) is 0 Å². The number of carbonyl (C=O) groups is 3. The van der Waals surface area contributed by atoms with Gasteiger partial charge in [-0.25, -0.2) is 4.79 Å². The molecule has 1 N–H and O–H groups in total. The molecule has 190 valence electrons. The van der Waals surface area contributed by atoms with Gasteiger partial charge >= 0.3 is 5.97 Å². The Hall–Kier alpha value is -3.38. The Kier molecular flexibility index (Phi) is 7.65. The smallest absolute Gasteiger partial charge is 0.341 e. The molecule has 36 heavy (non-hydrogen) atoms. The van der Waals surface area contributed by atoms with Crippen LogP contribution in [0.3, 0.4) is 0 Å². The Morgan fingerprint density at radius 1 is 1.33 bits per heavy atom. The Labute approximate surface area is 216 Å². The van der Waals surface area contributed by atoms with E-state index in [9.17, 15) is 19.5 Å². The van der Waals surface area contributed by atoms with Crippen molar-refractivity contribution in [1.29, 1.82) is 0 Å². The summed E-state index contributed by atoms with van der Waals surface area (Å²) in [5.74, 6) is -1.61. The van der Waals surface area contributed by atoms with Crippen molar-refractivity contribution >= 4 is 45.9 Å². The molecule has 12 heteroatoms. The van der Waals surface area contributed by atoms with Crippen LogP contribution in [0.1, 0.15) is 47.1 Å². The number of amides is 2. The number of benzene rings is 1. The van der Waals surface area contributed by atoms with Crippen molar-refractivity contribution in [3.63, 3.8) is 0 Å². The van der Waals surface area contributed by atoms with Crippen LogP contribution in [0.25, 0.3) is 5.69 Å². The van der Waals surface area contributed by atoms with Crippen LogP contribution in [0.4, 0.5) is 5.00 Å². The Morgan fingerprint density at radius 2 is 2.06 bits per heavy atom. The average molecular weight is 531 g/mol. The molecule has 1 aromatic carbocycles. The molecule has 0 saturated heterocycles. The summed E-state index contributed by atoms with van der Waals surface area (Å²) in [5.41, 5.74) is 2.81. The van der Waals surface area contributed by atoms with E-state index in [1.807, 2.05) is 19.1 Å². The zero-order valence-corrected chi connectivity index (χ0v) is 22.0. The molecule has 10 nitrogen and oxygen atoms in total. The third-order valence-electron chi connectivity index (χ3n) is 5.73. The summed E-state index contributed by atoms with van der Waals surface area (Å²) in [4.78, 5) is 40.3. The Bertz CT molecular complexity index is 1300. The van der Waals surface area contributed by atoms with E-state index < -0.39 is 23.1 Å². The first kappa shape index (κ1) is 25.7. The van der Waals surface area contributed by atoms with E-state index in [0.717, 1.165) is 27.8 Å². The second-order valence-corrected chi connectivity index (χ2v) is 10.7. The SMILES string of the molecule is CCOC(=O)c1c(NC(=O)C(C)Sc2c([O-])on[n+]2-c2ccc(C)cc2)sc2c1CCN(C(C)=O)C2. The number of thioether (sulfide) groups is 1. The third-order valence-corrected chi connectivity index (χ3v) is 7.99.